The average Bonchev–Trinajstić information content (AvgIpc) is 2.03. The summed E-state index contributed by atoms with van der Waals surface area (Å²) in [5.41, 5.74) is 5.98. The van der Waals surface area contributed by atoms with Crippen molar-refractivity contribution >= 4 is 0 Å². The second-order valence-corrected chi connectivity index (χ2v) is 4.16. The van der Waals surface area contributed by atoms with Crippen LogP contribution < -0.4 is 5.73 Å². The van der Waals surface area contributed by atoms with Gasteiger partial charge in [-0.25, -0.2) is 0 Å². The predicted octanol–water partition coefficient (Wildman–Crippen LogP) is 0.840. The molecule has 0 aromatic carbocycles. The second kappa shape index (κ2) is 7.97. The zero-order chi connectivity index (χ0) is 11.0. The lowest BCUT2D eigenvalue weighted by Crippen LogP contribution is -2.39. The van der Waals surface area contributed by atoms with E-state index in [2.05, 4.69) is 25.3 Å². The molecule has 0 amide bonds. The summed E-state index contributed by atoms with van der Waals surface area (Å²) in [7, 11) is 0. The Morgan fingerprint density at radius 3 is 2.57 bits per heavy atom. The maximum Gasteiger partial charge on any atom is 0.0558 e. The lowest BCUT2D eigenvalue weighted by molar-refractivity contribution is 0.197. The fourth-order valence-electron chi connectivity index (χ4n) is 1.59. The number of hydrogen-bond donors (Lipinski definition) is 2. The van der Waals surface area contributed by atoms with Crippen LogP contribution in [0.2, 0.25) is 0 Å². The number of nitrogens with two attached hydrogens (primary N) is 1. The molecule has 0 aliphatic carbocycles. The first-order valence-corrected chi connectivity index (χ1v) is 5.29. The van der Waals surface area contributed by atoms with E-state index in [1.165, 1.54) is 0 Å². The van der Waals surface area contributed by atoms with E-state index in [0.29, 0.717) is 12.5 Å². The first-order chi connectivity index (χ1) is 6.60. The van der Waals surface area contributed by atoms with Crippen molar-refractivity contribution in [3.8, 4) is 0 Å². The van der Waals surface area contributed by atoms with Crippen molar-refractivity contribution in [3.05, 3.63) is 12.7 Å². The van der Waals surface area contributed by atoms with Gasteiger partial charge in [-0.1, -0.05) is 19.9 Å². The highest BCUT2D eigenvalue weighted by atomic mass is 16.3. The van der Waals surface area contributed by atoms with Gasteiger partial charge in [0.05, 0.1) is 6.61 Å². The Morgan fingerprint density at radius 2 is 2.14 bits per heavy atom. The van der Waals surface area contributed by atoms with E-state index in [1.54, 1.807) is 0 Å². The summed E-state index contributed by atoms with van der Waals surface area (Å²) in [6, 6.07) is 0.196. The van der Waals surface area contributed by atoms with E-state index in [4.69, 9.17) is 10.8 Å². The fourth-order valence-corrected chi connectivity index (χ4v) is 1.59. The first kappa shape index (κ1) is 13.6. The molecule has 0 radical (unpaired) electrons. The van der Waals surface area contributed by atoms with Crippen LogP contribution in [0.4, 0.5) is 0 Å². The Kier molecular flexibility index (Phi) is 7.76. The molecule has 0 heterocycles. The summed E-state index contributed by atoms with van der Waals surface area (Å²) < 4.78 is 0. The molecule has 0 saturated heterocycles. The number of hydrogen-bond acceptors (Lipinski definition) is 3. The molecule has 3 nitrogen and oxygen atoms in total. The van der Waals surface area contributed by atoms with Crippen LogP contribution in [-0.4, -0.2) is 42.3 Å². The topological polar surface area (TPSA) is 49.5 Å². The van der Waals surface area contributed by atoms with Crippen molar-refractivity contribution in [1.82, 2.24) is 4.90 Å². The molecule has 1 unspecified atom stereocenters. The smallest absolute Gasteiger partial charge is 0.0558 e. The van der Waals surface area contributed by atoms with E-state index in [0.717, 1.165) is 19.5 Å². The molecule has 0 aromatic rings. The molecule has 0 aromatic heterocycles. The van der Waals surface area contributed by atoms with Gasteiger partial charge >= 0.3 is 0 Å². The SMILES string of the molecule is C=CCN(CCO)CC(N)CC(C)C. The maximum absolute atomic E-state index is 8.84. The molecule has 0 bridgehead atoms. The van der Waals surface area contributed by atoms with Crippen LogP contribution in [0.1, 0.15) is 20.3 Å². The number of nitrogens with zero attached hydrogens (tertiary/aromatic N) is 1. The van der Waals surface area contributed by atoms with E-state index in [-0.39, 0.29) is 12.6 Å². The van der Waals surface area contributed by atoms with Crippen LogP contribution in [0.3, 0.4) is 0 Å². The third kappa shape index (κ3) is 7.06. The molecule has 3 N–H and O–H groups in total. The van der Waals surface area contributed by atoms with Gasteiger partial charge in [-0.3, -0.25) is 4.90 Å². The summed E-state index contributed by atoms with van der Waals surface area (Å²) in [5, 5.41) is 8.84. The lowest BCUT2D eigenvalue weighted by atomic mass is 10.0. The largest absolute Gasteiger partial charge is 0.395 e. The Hall–Kier alpha value is -0.380. The molecule has 14 heavy (non-hydrogen) atoms. The summed E-state index contributed by atoms with van der Waals surface area (Å²) in [5.74, 6) is 0.629. The maximum atomic E-state index is 8.84. The summed E-state index contributed by atoms with van der Waals surface area (Å²) in [4.78, 5) is 2.13. The molecule has 0 fully saturated rings. The quantitative estimate of drug-likeness (QED) is 0.571. The van der Waals surface area contributed by atoms with Crippen LogP contribution >= 0.6 is 0 Å². The van der Waals surface area contributed by atoms with Crippen molar-refractivity contribution in [2.24, 2.45) is 11.7 Å². The minimum absolute atomic E-state index is 0.183. The van der Waals surface area contributed by atoms with Crippen LogP contribution in [0, 0.1) is 5.92 Å². The normalized spacial score (nSPS) is 13.6. The number of aliphatic hydroxyl groups excluding tert-OH is 1. The van der Waals surface area contributed by atoms with Gasteiger partial charge in [-0.15, -0.1) is 6.58 Å². The van der Waals surface area contributed by atoms with Crippen LogP contribution in [0.25, 0.3) is 0 Å². The highest BCUT2D eigenvalue weighted by molar-refractivity contribution is 4.77. The molecular formula is C11H24N2O. The number of rotatable bonds is 8. The number of aliphatic hydroxyl groups is 1. The van der Waals surface area contributed by atoms with Crippen molar-refractivity contribution in [2.45, 2.75) is 26.3 Å². The van der Waals surface area contributed by atoms with Gasteiger partial charge < -0.3 is 10.8 Å². The van der Waals surface area contributed by atoms with Gasteiger partial charge in [0, 0.05) is 25.7 Å². The minimum Gasteiger partial charge on any atom is -0.395 e. The van der Waals surface area contributed by atoms with Crippen molar-refractivity contribution < 1.29 is 5.11 Å². The standard InChI is InChI=1S/C11H24N2O/c1-4-5-13(6-7-14)9-11(12)8-10(2)3/h4,10-11,14H,1,5-9,12H2,2-3H3. The van der Waals surface area contributed by atoms with Gasteiger partial charge in [0.25, 0.3) is 0 Å². The Bertz CT molecular complexity index is 148. The average molecular weight is 200 g/mol. The second-order valence-electron chi connectivity index (χ2n) is 4.16. The highest BCUT2D eigenvalue weighted by Crippen LogP contribution is 2.04. The van der Waals surface area contributed by atoms with E-state index in [1.807, 2.05) is 6.08 Å². The molecule has 0 saturated carbocycles. The molecule has 0 spiro atoms. The molecule has 1 atom stereocenters. The zero-order valence-electron chi connectivity index (χ0n) is 9.45. The van der Waals surface area contributed by atoms with Crippen molar-refractivity contribution in [2.75, 3.05) is 26.2 Å². The minimum atomic E-state index is 0.183. The van der Waals surface area contributed by atoms with E-state index < -0.39 is 0 Å². The molecule has 0 rings (SSSR count). The summed E-state index contributed by atoms with van der Waals surface area (Å²) >= 11 is 0. The van der Waals surface area contributed by atoms with Crippen LogP contribution in [0.5, 0.6) is 0 Å². The highest BCUT2D eigenvalue weighted by Gasteiger charge is 2.10. The summed E-state index contributed by atoms with van der Waals surface area (Å²) in [6.45, 7) is 10.5. The fraction of sp³-hybridized carbons (Fsp3) is 0.818. The Balaban J connectivity index is 3.81. The van der Waals surface area contributed by atoms with Gasteiger partial charge in [0.1, 0.15) is 0 Å². The summed E-state index contributed by atoms with van der Waals surface area (Å²) in [6.07, 6.45) is 2.87. The monoisotopic (exact) mass is 200 g/mol. The van der Waals surface area contributed by atoms with Gasteiger partial charge in [-0.2, -0.15) is 0 Å². The molecule has 0 aliphatic rings. The Labute approximate surface area is 87.6 Å². The van der Waals surface area contributed by atoms with Crippen molar-refractivity contribution in [1.29, 1.82) is 0 Å². The van der Waals surface area contributed by atoms with Crippen LogP contribution in [-0.2, 0) is 0 Å². The van der Waals surface area contributed by atoms with Crippen molar-refractivity contribution in [3.63, 3.8) is 0 Å². The van der Waals surface area contributed by atoms with Gasteiger partial charge in [0.2, 0.25) is 0 Å². The van der Waals surface area contributed by atoms with Gasteiger partial charge in [-0.05, 0) is 12.3 Å². The molecule has 84 valence electrons. The third-order valence-corrected chi connectivity index (χ3v) is 2.07. The van der Waals surface area contributed by atoms with E-state index >= 15 is 0 Å². The predicted molar refractivity (Wildman–Crippen MR) is 61.2 cm³/mol. The first-order valence-electron chi connectivity index (χ1n) is 5.29. The Morgan fingerprint density at radius 1 is 1.50 bits per heavy atom. The third-order valence-electron chi connectivity index (χ3n) is 2.07. The zero-order valence-corrected chi connectivity index (χ0v) is 9.45. The molecule has 3 heteroatoms. The molecule has 0 aliphatic heterocycles. The van der Waals surface area contributed by atoms with E-state index in [9.17, 15) is 0 Å². The van der Waals surface area contributed by atoms with Crippen LogP contribution in [0.15, 0.2) is 12.7 Å². The molecular weight excluding hydrogens is 176 g/mol. The lowest BCUT2D eigenvalue weighted by Gasteiger charge is -2.24. The van der Waals surface area contributed by atoms with Gasteiger partial charge in [0.15, 0.2) is 0 Å².